The maximum Gasteiger partial charge on any atom is 0.381 e. The van der Waals surface area contributed by atoms with Crippen LogP contribution in [-0.4, -0.2) is 18.5 Å². The van der Waals surface area contributed by atoms with Crippen LogP contribution in [0.5, 0.6) is 0 Å². The molecule has 0 bridgehead atoms. The number of anilines is 1. The normalized spacial score (nSPS) is 10.9. The molecule has 0 aliphatic carbocycles. The van der Waals surface area contributed by atoms with Crippen molar-refractivity contribution in [3.63, 3.8) is 0 Å². The molecule has 1 rings (SSSR count). The first-order chi connectivity index (χ1) is 8.37. The lowest BCUT2D eigenvalue weighted by Gasteiger charge is -2.15. The second-order valence-corrected chi connectivity index (χ2v) is 3.55. The van der Waals surface area contributed by atoms with Crippen LogP contribution in [0.4, 0.5) is 14.5 Å². The van der Waals surface area contributed by atoms with Crippen LogP contribution in [-0.2, 0) is 20.2 Å². The number of halogens is 2. The van der Waals surface area contributed by atoms with Crippen molar-refractivity contribution in [1.29, 1.82) is 0 Å². The molecule has 0 saturated heterocycles. The third-order valence-electron chi connectivity index (χ3n) is 2.10. The van der Waals surface area contributed by atoms with E-state index in [0.717, 1.165) is 12.1 Å². The Bertz CT molecular complexity index is 443. The summed E-state index contributed by atoms with van der Waals surface area (Å²) in [6, 6.07) is 4.73. The number of carbonyl (C=O) groups is 2. The molecule has 0 atom stereocenters. The molecule has 98 valence electrons. The molecule has 0 aromatic heterocycles. The highest BCUT2D eigenvalue weighted by atomic mass is 19.3. The average Bonchev–Trinajstić information content (AvgIpc) is 2.29. The van der Waals surface area contributed by atoms with Crippen molar-refractivity contribution in [3.8, 4) is 0 Å². The van der Waals surface area contributed by atoms with Crippen LogP contribution in [0.2, 0.25) is 0 Å². The Labute approximate surface area is 103 Å². The van der Waals surface area contributed by atoms with Crippen molar-refractivity contribution in [2.75, 3.05) is 11.9 Å². The minimum Gasteiger partial charge on any atom is -0.461 e. The maximum absolute atomic E-state index is 13.6. The lowest BCUT2D eigenvalue weighted by atomic mass is 10.1. The second kappa shape index (κ2) is 5.57. The number of carbonyl (C=O) groups excluding carboxylic acids is 2. The Morgan fingerprint density at radius 2 is 1.83 bits per heavy atom. The summed E-state index contributed by atoms with van der Waals surface area (Å²) in [5.74, 6) is -5.58. The van der Waals surface area contributed by atoms with Gasteiger partial charge in [-0.25, -0.2) is 4.79 Å². The summed E-state index contributed by atoms with van der Waals surface area (Å²) in [4.78, 5) is 21.8. The van der Waals surface area contributed by atoms with Gasteiger partial charge in [0.25, 0.3) is 0 Å². The second-order valence-electron chi connectivity index (χ2n) is 3.55. The highest BCUT2D eigenvalue weighted by molar-refractivity contribution is 5.88. The highest BCUT2D eigenvalue weighted by Crippen LogP contribution is 2.30. The van der Waals surface area contributed by atoms with Crippen LogP contribution in [0.1, 0.15) is 19.4 Å². The lowest BCUT2D eigenvalue weighted by Crippen LogP contribution is -2.28. The quantitative estimate of drug-likeness (QED) is 0.842. The van der Waals surface area contributed by atoms with E-state index in [9.17, 15) is 18.4 Å². The van der Waals surface area contributed by atoms with Gasteiger partial charge >= 0.3 is 11.9 Å². The van der Waals surface area contributed by atoms with Gasteiger partial charge < -0.3 is 10.1 Å². The lowest BCUT2D eigenvalue weighted by molar-refractivity contribution is -0.173. The van der Waals surface area contributed by atoms with Crippen LogP contribution in [0.25, 0.3) is 0 Å². The summed E-state index contributed by atoms with van der Waals surface area (Å²) >= 11 is 0. The molecule has 4 nitrogen and oxygen atoms in total. The summed E-state index contributed by atoms with van der Waals surface area (Å²) in [6.07, 6.45) is 0. The topological polar surface area (TPSA) is 55.4 Å². The van der Waals surface area contributed by atoms with Crippen molar-refractivity contribution >= 4 is 17.6 Å². The first-order valence-electron chi connectivity index (χ1n) is 5.31. The van der Waals surface area contributed by atoms with Crippen molar-refractivity contribution in [2.24, 2.45) is 0 Å². The van der Waals surface area contributed by atoms with E-state index in [1.807, 2.05) is 0 Å². The Hall–Kier alpha value is -1.98. The van der Waals surface area contributed by atoms with Crippen LogP contribution in [0.3, 0.4) is 0 Å². The van der Waals surface area contributed by atoms with Gasteiger partial charge in [0.2, 0.25) is 5.91 Å². The third-order valence-corrected chi connectivity index (χ3v) is 2.10. The number of alkyl halides is 2. The van der Waals surface area contributed by atoms with Gasteiger partial charge in [-0.05, 0) is 19.1 Å². The van der Waals surface area contributed by atoms with Gasteiger partial charge in [0.1, 0.15) is 0 Å². The summed E-state index contributed by atoms with van der Waals surface area (Å²) < 4.78 is 31.4. The van der Waals surface area contributed by atoms with Crippen LogP contribution in [0, 0.1) is 0 Å². The molecule has 1 aromatic rings. The molecule has 6 heteroatoms. The Kier molecular flexibility index (Phi) is 4.36. The summed E-state index contributed by atoms with van der Waals surface area (Å²) in [5.41, 5.74) is -0.0963. The van der Waals surface area contributed by atoms with E-state index in [0.29, 0.717) is 5.69 Å². The monoisotopic (exact) mass is 257 g/mol. The molecule has 0 fully saturated rings. The maximum atomic E-state index is 13.6. The predicted molar refractivity (Wildman–Crippen MR) is 61.3 cm³/mol. The van der Waals surface area contributed by atoms with Crippen LogP contribution < -0.4 is 5.32 Å². The molecular formula is C12H13F2NO3. The SMILES string of the molecule is CCOC(=O)C(F)(F)c1ccc(NC(C)=O)cc1. The summed E-state index contributed by atoms with van der Waals surface area (Å²) in [7, 11) is 0. The number of nitrogens with one attached hydrogen (secondary N) is 1. The molecule has 18 heavy (non-hydrogen) atoms. The number of hydrogen-bond donors (Lipinski definition) is 1. The smallest absolute Gasteiger partial charge is 0.381 e. The van der Waals surface area contributed by atoms with Gasteiger partial charge in [0.15, 0.2) is 0 Å². The molecule has 1 aromatic carbocycles. The molecule has 0 saturated carbocycles. The van der Waals surface area contributed by atoms with E-state index in [1.165, 1.54) is 26.0 Å². The van der Waals surface area contributed by atoms with E-state index >= 15 is 0 Å². The number of benzene rings is 1. The average molecular weight is 257 g/mol. The zero-order chi connectivity index (χ0) is 13.8. The van der Waals surface area contributed by atoms with Crippen molar-refractivity contribution in [1.82, 2.24) is 0 Å². The number of amides is 1. The number of rotatable bonds is 4. The fourth-order valence-electron chi connectivity index (χ4n) is 1.31. The highest BCUT2D eigenvalue weighted by Gasteiger charge is 2.42. The van der Waals surface area contributed by atoms with Crippen LogP contribution in [0.15, 0.2) is 24.3 Å². The minimum atomic E-state index is -3.69. The van der Waals surface area contributed by atoms with Gasteiger partial charge in [0, 0.05) is 18.2 Å². The van der Waals surface area contributed by atoms with E-state index < -0.39 is 17.5 Å². The Morgan fingerprint density at radius 1 is 1.28 bits per heavy atom. The molecule has 0 unspecified atom stereocenters. The molecule has 0 spiro atoms. The van der Waals surface area contributed by atoms with Gasteiger partial charge in [-0.2, -0.15) is 8.78 Å². The fourth-order valence-corrected chi connectivity index (χ4v) is 1.31. The Balaban J connectivity index is 2.90. The third kappa shape index (κ3) is 3.26. The van der Waals surface area contributed by atoms with E-state index in [-0.39, 0.29) is 12.5 Å². The van der Waals surface area contributed by atoms with Crippen molar-refractivity contribution in [2.45, 2.75) is 19.8 Å². The summed E-state index contributed by atoms with van der Waals surface area (Å²) in [5, 5.41) is 2.44. The van der Waals surface area contributed by atoms with Crippen molar-refractivity contribution < 1.29 is 23.1 Å². The van der Waals surface area contributed by atoms with Gasteiger partial charge in [-0.1, -0.05) is 12.1 Å². The number of hydrogen-bond acceptors (Lipinski definition) is 3. The van der Waals surface area contributed by atoms with Gasteiger partial charge in [-0.15, -0.1) is 0 Å². The molecule has 0 heterocycles. The van der Waals surface area contributed by atoms with E-state index in [2.05, 4.69) is 10.1 Å². The zero-order valence-corrected chi connectivity index (χ0v) is 10.00. The van der Waals surface area contributed by atoms with Gasteiger partial charge in [-0.3, -0.25) is 4.79 Å². The van der Waals surface area contributed by atoms with E-state index in [4.69, 9.17) is 0 Å². The first-order valence-corrected chi connectivity index (χ1v) is 5.31. The van der Waals surface area contributed by atoms with Gasteiger partial charge in [0.05, 0.1) is 6.61 Å². The number of ether oxygens (including phenoxy) is 1. The minimum absolute atomic E-state index is 0.113. The zero-order valence-electron chi connectivity index (χ0n) is 10.00. The largest absolute Gasteiger partial charge is 0.461 e. The van der Waals surface area contributed by atoms with Crippen LogP contribution >= 0.6 is 0 Å². The van der Waals surface area contributed by atoms with Crippen molar-refractivity contribution in [3.05, 3.63) is 29.8 Å². The van der Waals surface area contributed by atoms with E-state index in [1.54, 1.807) is 0 Å². The first kappa shape index (κ1) is 14.1. The molecular weight excluding hydrogens is 244 g/mol. The summed E-state index contributed by atoms with van der Waals surface area (Å²) in [6.45, 7) is 2.65. The molecule has 0 aliphatic heterocycles. The standard InChI is InChI=1S/C12H13F2NO3/c1-3-18-11(17)12(13,14)9-4-6-10(7-5-9)15-8(2)16/h4-7H,3H2,1-2H3,(H,15,16). The molecule has 0 aliphatic rings. The Morgan fingerprint density at radius 3 is 2.28 bits per heavy atom. The predicted octanol–water partition coefficient (Wildman–Crippen LogP) is 2.30. The fraction of sp³-hybridized carbons (Fsp3) is 0.333. The molecule has 1 N–H and O–H groups in total. The number of esters is 1. The molecule has 0 radical (unpaired) electrons. The molecule has 1 amide bonds.